The lowest BCUT2D eigenvalue weighted by Crippen LogP contribution is -2.37. The number of rotatable bonds is 3. The maximum absolute atomic E-state index is 13.4. The molecule has 2 aliphatic rings. The van der Waals surface area contributed by atoms with Crippen molar-refractivity contribution < 1.29 is 9.59 Å². The van der Waals surface area contributed by atoms with Crippen LogP contribution in [0, 0.1) is 13.8 Å². The molecule has 2 amide bonds. The minimum atomic E-state index is -0.283. The molecule has 1 saturated heterocycles. The monoisotopic (exact) mass is 394 g/mol. The summed E-state index contributed by atoms with van der Waals surface area (Å²) in [5, 5.41) is 0.543. The molecule has 4 rings (SSSR count). The Morgan fingerprint density at radius 1 is 0.857 bits per heavy atom. The Bertz CT molecular complexity index is 973. The Morgan fingerprint density at radius 2 is 1.54 bits per heavy atom. The normalized spacial score (nSPS) is 17.7. The maximum Gasteiger partial charge on any atom is 0.282 e. The van der Waals surface area contributed by atoms with Crippen LogP contribution in [0.3, 0.4) is 0 Å². The first kappa shape index (κ1) is 18.8. The van der Waals surface area contributed by atoms with Gasteiger partial charge in [-0.2, -0.15) is 0 Å². The third-order valence-corrected chi connectivity index (χ3v) is 5.89. The van der Waals surface area contributed by atoms with Crippen molar-refractivity contribution in [2.75, 3.05) is 18.0 Å². The van der Waals surface area contributed by atoms with Gasteiger partial charge in [-0.25, -0.2) is 4.90 Å². The molecule has 0 saturated carbocycles. The molecule has 0 radical (unpaired) electrons. The van der Waals surface area contributed by atoms with Gasteiger partial charge in [-0.15, -0.1) is 0 Å². The fourth-order valence-corrected chi connectivity index (χ4v) is 4.04. The number of piperidine rings is 1. The average Bonchev–Trinajstić information content (AvgIpc) is 2.96. The fraction of sp³-hybridized carbons (Fsp3) is 0.304. The Labute approximate surface area is 170 Å². The minimum Gasteiger partial charge on any atom is -0.366 e. The van der Waals surface area contributed by atoms with E-state index in [-0.39, 0.29) is 11.8 Å². The van der Waals surface area contributed by atoms with Crippen LogP contribution in [0.15, 0.2) is 48.2 Å². The molecule has 0 atom stereocenters. The smallest absolute Gasteiger partial charge is 0.282 e. The lowest BCUT2D eigenvalue weighted by Gasteiger charge is -2.29. The summed E-state index contributed by atoms with van der Waals surface area (Å²) >= 11 is 6.27. The van der Waals surface area contributed by atoms with E-state index in [4.69, 9.17) is 11.6 Å². The van der Waals surface area contributed by atoms with Crippen molar-refractivity contribution in [1.82, 2.24) is 4.90 Å². The van der Waals surface area contributed by atoms with E-state index in [9.17, 15) is 9.59 Å². The number of carbonyl (C=O) groups is 2. The van der Waals surface area contributed by atoms with Crippen LogP contribution in [0.25, 0.3) is 5.57 Å². The minimum absolute atomic E-state index is 0.262. The SMILES string of the molecule is Cc1ccc(C2=C(N3CCCCC3)C(=O)N(c3ccc(C)c(Cl)c3)C2=O)cc1. The third kappa shape index (κ3) is 3.22. The van der Waals surface area contributed by atoms with Crippen LogP contribution >= 0.6 is 11.6 Å². The first-order valence-corrected chi connectivity index (χ1v) is 10.1. The van der Waals surface area contributed by atoms with Crippen LogP contribution in [-0.2, 0) is 9.59 Å². The molecule has 144 valence electrons. The second-order valence-electron chi connectivity index (χ2n) is 7.52. The molecular weight excluding hydrogens is 372 g/mol. The summed E-state index contributed by atoms with van der Waals surface area (Å²) in [6.45, 7) is 5.50. The van der Waals surface area contributed by atoms with Gasteiger partial charge < -0.3 is 4.90 Å². The predicted molar refractivity (Wildman–Crippen MR) is 112 cm³/mol. The molecule has 5 heteroatoms. The molecular formula is C23H23ClN2O2. The predicted octanol–water partition coefficient (Wildman–Crippen LogP) is 4.73. The van der Waals surface area contributed by atoms with E-state index in [1.165, 1.54) is 4.90 Å². The van der Waals surface area contributed by atoms with Crippen molar-refractivity contribution in [1.29, 1.82) is 0 Å². The van der Waals surface area contributed by atoms with E-state index in [0.29, 0.717) is 22.0 Å². The molecule has 2 aromatic carbocycles. The van der Waals surface area contributed by atoms with E-state index < -0.39 is 0 Å². The summed E-state index contributed by atoms with van der Waals surface area (Å²) < 4.78 is 0. The number of imide groups is 1. The molecule has 4 nitrogen and oxygen atoms in total. The average molecular weight is 395 g/mol. The Morgan fingerprint density at radius 3 is 2.18 bits per heavy atom. The molecule has 0 spiro atoms. The first-order valence-electron chi connectivity index (χ1n) is 9.68. The van der Waals surface area contributed by atoms with E-state index in [1.807, 2.05) is 44.2 Å². The van der Waals surface area contributed by atoms with Gasteiger partial charge in [0.05, 0.1) is 11.3 Å². The summed E-state index contributed by atoms with van der Waals surface area (Å²) in [5.74, 6) is -0.545. The molecule has 0 N–H and O–H groups in total. The topological polar surface area (TPSA) is 40.6 Å². The number of amides is 2. The zero-order valence-electron chi connectivity index (χ0n) is 16.2. The van der Waals surface area contributed by atoms with Crippen molar-refractivity contribution in [2.45, 2.75) is 33.1 Å². The molecule has 0 unspecified atom stereocenters. The van der Waals surface area contributed by atoms with Gasteiger partial charge in [-0.1, -0.05) is 47.5 Å². The zero-order chi connectivity index (χ0) is 19.8. The largest absolute Gasteiger partial charge is 0.366 e. The van der Waals surface area contributed by atoms with Crippen molar-refractivity contribution in [3.05, 3.63) is 69.9 Å². The number of halogens is 1. The van der Waals surface area contributed by atoms with Gasteiger partial charge in [-0.05, 0) is 56.4 Å². The van der Waals surface area contributed by atoms with E-state index >= 15 is 0 Å². The number of aryl methyl sites for hydroxylation is 2. The maximum atomic E-state index is 13.4. The van der Waals surface area contributed by atoms with Crippen LogP contribution in [-0.4, -0.2) is 29.8 Å². The highest BCUT2D eigenvalue weighted by Crippen LogP contribution is 2.37. The number of likely N-dealkylation sites (tertiary alicyclic amines) is 1. The molecule has 0 aromatic heterocycles. The lowest BCUT2D eigenvalue weighted by atomic mass is 10.0. The van der Waals surface area contributed by atoms with Crippen LogP contribution in [0.1, 0.15) is 36.0 Å². The first-order chi connectivity index (χ1) is 13.5. The summed E-state index contributed by atoms with van der Waals surface area (Å²) in [4.78, 5) is 30.2. The molecule has 28 heavy (non-hydrogen) atoms. The van der Waals surface area contributed by atoms with E-state index in [2.05, 4.69) is 4.90 Å². The molecule has 0 bridgehead atoms. The summed E-state index contributed by atoms with van der Waals surface area (Å²) in [6, 6.07) is 13.1. The number of hydrogen-bond acceptors (Lipinski definition) is 3. The van der Waals surface area contributed by atoms with Gasteiger partial charge >= 0.3 is 0 Å². The summed E-state index contributed by atoms with van der Waals surface area (Å²) in [5.41, 5.74) is 4.33. The molecule has 0 aliphatic carbocycles. The standard InChI is InChI=1S/C23H23ClN2O2/c1-15-6-9-17(10-7-15)20-21(25-12-4-3-5-13-25)23(28)26(22(20)27)18-11-8-16(2)19(24)14-18/h6-11,14H,3-5,12-13H2,1-2H3. The van der Waals surface area contributed by atoms with Gasteiger partial charge in [0, 0.05) is 18.1 Å². The van der Waals surface area contributed by atoms with E-state index in [1.54, 1.807) is 12.1 Å². The quantitative estimate of drug-likeness (QED) is 0.707. The van der Waals surface area contributed by atoms with E-state index in [0.717, 1.165) is 49.0 Å². The number of benzene rings is 2. The highest BCUT2D eigenvalue weighted by Gasteiger charge is 2.42. The molecule has 1 fully saturated rings. The number of carbonyl (C=O) groups excluding carboxylic acids is 2. The highest BCUT2D eigenvalue weighted by molar-refractivity contribution is 6.45. The zero-order valence-corrected chi connectivity index (χ0v) is 16.9. The fourth-order valence-electron chi connectivity index (χ4n) is 3.86. The third-order valence-electron chi connectivity index (χ3n) is 5.49. The highest BCUT2D eigenvalue weighted by atomic mass is 35.5. The van der Waals surface area contributed by atoms with Crippen molar-refractivity contribution in [3.63, 3.8) is 0 Å². The second kappa shape index (κ2) is 7.44. The van der Waals surface area contributed by atoms with Gasteiger partial charge in [-0.3, -0.25) is 9.59 Å². The van der Waals surface area contributed by atoms with Crippen molar-refractivity contribution in [3.8, 4) is 0 Å². The Balaban J connectivity index is 1.82. The molecule has 2 heterocycles. The lowest BCUT2D eigenvalue weighted by molar-refractivity contribution is -0.120. The number of nitrogens with zero attached hydrogens (tertiary/aromatic N) is 2. The number of anilines is 1. The Hall–Kier alpha value is -2.59. The van der Waals surface area contributed by atoms with Crippen LogP contribution < -0.4 is 4.90 Å². The van der Waals surface area contributed by atoms with Crippen LogP contribution in [0.2, 0.25) is 5.02 Å². The van der Waals surface area contributed by atoms with Gasteiger partial charge in [0.1, 0.15) is 5.70 Å². The Kier molecular flexibility index (Phi) is 4.98. The second-order valence-corrected chi connectivity index (χ2v) is 7.92. The van der Waals surface area contributed by atoms with Gasteiger partial charge in [0.15, 0.2) is 0 Å². The summed E-state index contributed by atoms with van der Waals surface area (Å²) in [6.07, 6.45) is 3.22. The number of hydrogen-bond donors (Lipinski definition) is 0. The van der Waals surface area contributed by atoms with Gasteiger partial charge in [0.2, 0.25) is 0 Å². The summed E-state index contributed by atoms with van der Waals surface area (Å²) in [7, 11) is 0. The van der Waals surface area contributed by atoms with Gasteiger partial charge in [0.25, 0.3) is 11.8 Å². The van der Waals surface area contributed by atoms with Crippen molar-refractivity contribution in [2.24, 2.45) is 0 Å². The van der Waals surface area contributed by atoms with Crippen LogP contribution in [0.5, 0.6) is 0 Å². The van der Waals surface area contributed by atoms with Crippen molar-refractivity contribution >= 4 is 34.7 Å². The molecule has 2 aromatic rings. The van der Waals surface area contributed by atoms with Crippen LogP contribution in [0.4, 0.5) is 5.69 Å². The molecule has 2 aliphatic heterocycles.